The minimum Gasteiger partial charge on any atom is -0.353 e. The molecule has 0 spiro atoms. The van der Waals surface area contributed by atoms with Gasteiger partial charge in [-0.1, -0.05) is 191 Å². The van der Waals surface area contributed by atoms with Crippen LogP contribution in [0.25, 0.3) is 0 Å². The first-order valence-corrected chi connectivity index (χ1v) is 36.2. The molecule has 2 heterocycles. The van der Waals surface area contributed by atoms with Crippen molar-refractivity contribution in [3.8, 4) is 0 Å². The lowest BCUT2D eigenvalue weighted by Crippen LogP contribution is -2.56. The van der Waals surface area contributed by atoms with Crippen molar-refractivity contribution in [3.63, 3.8) is 0 Å². The van der Waals surface area contributed by atoms with Crippen LogP contribution in [0.15, 0.2) is 48.6 Å². The number of likely N-dealkylation sites (N-methyl/N-ethyl adjacent to an activating group) is 1. The Morgan fingerprint density at radius 1 is 0.405 bits per heavy atom. The molecule has 4 aliphatic rings. The fourth-order valence-electron chi connectivity index (χ4n) is 13.7. The standard InChI is InChI=1S/C73H131N7O4/c1-4-6-8-10-12-14-16-18-20-22-24-26-28-30-42-52-68(81)79(64-62-77-56-44-32-33-45-57-77)70(66-48-38-36-39-49-66)72(83)74-54-60-76(3)61-55-75-73(84)71(67-50-40-37-41-51-67)80(65-63-78-58-46-34-35-47-59-78)69(82)53-43-31-29-27-25-23-21-19-17-15-13-11-9-7-5-2/h12-15,18-21,66-67,70-71H,4-11,16-17,22-65H2,1-3H3,(H,74,83)(H,75,84)/b14-12-,15-13-,20-18-,21-19-. The lowest BCUT2D eigenvalue weighted by atomic mass is 9.82. The summed E-state index contributed by atoms with van der Waals surface area (Å²) in [6.07, 6.45) is 65.7. The number of nitrogens with one attached hydrogen (secondary N) is 2. The molecule has 2 unspecified atom stereocenters. The van der Waals surface area contributed by atoms with Gasteiger partial charge in [-0.05, 0) is 173 Å². The van der Waals surface area contributed by atoms with Crippen LogP contribution in [0.2, 0.25) is 0 Å². The van der Waals surface area contributed by atoms with Crippen LogP contribution in [-0.2, 0) is 19.2 Å². The van der Waals surface area contributed by atoms with E-state index in [4.69, 9.17) is 0 Å². The molecule has 2 N–H and O–H groups in total. The van der Waals surface area contributed by atoms with Gasteiger partial charge in [-0.15, -0.1) is 0 Å². The number of amides is 4. The number of nitrogens with zero attached hydrogens (tertiary/aromatic N) is 5. The van der Waals surface area contributed by atoms with Gasteiger partial charge in [0.05, 0.1) is 0 Å². The quantitative estimate of drug-likeness (QED) is 0.0462. The highest BCUT2D eigenvalue weighted by Crippen LogP contribution is 2.32. The van der Waals surface area contributed by atoms with E-state index >= 15 is 0 Å². The van der Waals surface area contributed by atoms with E-state index in [1.807, 2.05) is 9.80 Å². The van der Waals surface area contributed by atoms with Gasteiger partial charge in [0.2, 0.25) is 23.6 Å². The number of likely N-dealkylation sites (tertiary alicyclic amines) is 2. The van der Waals surface area contributed by atoms with Gasteiger partial charge in [0.1, 0.15) is 12.1 Å². The molecule has 4 rings (SSSR count). The molecule has 4 amide bonds. The fraction of sp³-hybridized carbons (Fsp3) is 0.836. The third kappa shape index (κ3) is 33.7. The third-order valence-electron chi connectivity index (χ3n) is 19.0. The van der Waals surface area contributed by atoms with Crippen LogP contribution >= 0.6 is 0 Å². The summed E-state index contributed by atoms with van der Waals surface area (Å²) in [5, 5.41) is 6.72. The van der Waals surface area contributed by atoms with Crippen LogP contribution < -0.4 is 10.6 Å². The van der Waals surface area contributed by atoms with Gasteiger partial charge in [-0.25, -0.2) is 0 Å². The van der Waals surface area contributed by atoms with Crippen molar-refractivity contribution in [2.24, 2.45) is 11.8 Å². The Kier molecular flexibility index (Phi) is 43.3. The highest BCUT2D eigenvalue weighted by atomic mass is 16.2. The van der Waals surface area contributed by atoms with E-state index in [2.05, 4.69) is 94.8 Å². The number of unbranched alkanes of at least 4 members (excludes halogenated alkanes) is 16. The van der Waals surface area contributed by atoms with Crippen molar-refractivity contribution >= 4 is 23.6 Å². The molecule has 2 aliphatic heterocycles. The van der Waals surface area contributed by atoms with Crippen molar-refractivity contribution in [2.45, 2.75) is 296 Å². The average Bonchev–Trinajstić information content (AvgIpc) is 4.10. The second-order valence-electron chi connectivity index (χ2n) is 26.2. The Hall–Kier alpha value is -3.28. The Labute approximate surface area is 517 Å². The van der Waals surface area contributed by atoms with E-state index in [1.165, 1.54) is 141 Å². The molecule has 2 atom stereocenters. The molecule has 0 aromatic rings. The van der Waals surface area contributed by atoms with E-state index in [0.717, 1.165) is 155 Å². The molecular weight excluding hydrogens is 1040 g/mol. The molecule has 84 heavy (non-hydrogen) atoms. The number of rotatable bonds is 46. The minimum absolute atomic E-state index is 0.00734. The Bertz CT molecular complexity index is 1650. The van der Waals surface area contributed by atoms with Crippen molar-refractivity contribution < 1.29 is 19.2 Å². The van der Waals surface area contributed by atoms with Crippen LogP contribution in [0.5, 0.6) is 0 Å². The van der Waals surface area contributed by atoms with Gasteiger partial charge in [-0.2, -0.15) is 0 Å². The topological polar surface area (TPSA) is 109 Å². The third-order valence-corrected chi connectivity index (χ3v) is 19.0. The molecule has 482 valence electrons. The van der Waals surface area contributed by atoms with Gasteiger partial charge in [0.25, 0.3) is 0 Å². The Morgan fingerprint density at radius 2 is 0.726 bits per heavy atom. The molecule has 11 heteroatoms. The lowest BCUT2D eigenvalue weighted by molar-refractivity contribution is -0.143. The van der Waals surface area contributed by atoms with Crippen LogP contribution in [0.3, 0.4) is 0 Å². The molecule has 0 aromatic carbocycles. The summed E-state index contributed by atoms with van der Waals surface area (Å²) in [7, 11) is 2.07. The Morgan fingerprint density at radius 3 is 1.08 bits per heavy atom. The first-order valence-electron chi connectivity index (χ1n) is 36.2. The number of hydrogen-bond acceptors (Lipinski definition) is 7. The van der Waals surface area contributed by atoms with Gasteiger partial charge >= 0.3 is 0 Å². The summed E-state index contributed by atoms with van der Waals surface area (Å²) in [6, 6.07) is -0.881. The molecule has 4 fully saturated rings. The summed E-state index contributed by atoms with van der Waals surface area (Å²) in [4.78, 5) is 69.7. The molecule has 0 radical (unpaired) electrons. The first kappa shape index (κ1) is 73.2. The van der Waals surface area contributed by atoms with Gasteiger partial charge < -0.3 is 35.1 Å². The second kappa shape index (κ2) is 49.7. The van der Waals surface area contributed by atoms with Crippen LogP contribution in [0.4, 0.5) is 0 Å². The zero-order valence-electron chi connectivity index (χ0n) is 55.0. The maximum atomic E-state index is 14.7. The van der Waals surface area contributed by atoms with Crippen molar-refractivity contribution in [1.82, 2.24) is 35.1 Å². The second-order valence-corrected chi connectivity index (χ2v) is 26.2. The van der Waals surface area contributed by atoms with E-state index in [-0.39, 0.29) is 35.5 Å². The van der Waals surface area contributed by atoms with Crippen molar-refractivity contribution in [2.75, 3.05) is 85.6 Å². The summed E-state index contributed by atoms with van der Waals surface area (Å²) < 4.78 is 0. The predicted molar refractivity (Wildman–Crippen MR) is 356 cm³/mol. The molecule has 2 saturated carbocycles. The first-order chi connectivity index (χ1) is 41.3. The van der Waals surface area contributed by atoms with Crippen molar-refractivity contribution in [1.29, 1.82) is 0 Å². The van der Waals surface area contributed by atoms with E-state index in [9.17, 15) is 19.2 Å². The SMILES string of the molecule is CCCCC/C=C\C/C=C\CCCCCCCC(=O)N(CCN1CCCCCC1)C(C(=O)NCCN(C)CCNC(=O)C(C1CCCCC1)N(CCN1CCCCCC1)C(=O)CCCCCCC/C=C\C/C=C\CCCCC)C1CCCCC1. The highest BCUT2D eigenvalue weighted by Gasteiger charge is 2.38. The lowest BCUT2D eigenvalue weighted by Gasteiger charge is -2.39. The molecule has 0 bridgehead atoms. The van der Waals surface area contributed by atoms with Gasteiger partial charge in [0.15, 0.2) is 0 Å². The monoisotopic (exact) mass is 1170 g/mol. The normalized spacial score (nSPS) is 18.2. The minimum atomic E-state index is -0.441. The summed E-state index contributed by atoms with van der Waals surface area (Å²) in [5.41, 5.74) is 0. The summed E-state index contributed by atoms with van der Waals surface area (Å²) in [5.74, 6) is 0.685. The largest absolute Gasteiger partial charge is 0.353 e. The molecule has 2 aliphatic carbocycles. The van der Waals surface area contributed by atoms with Crippen LogP contribution in [-0.4, -0.2) is 146 Å². The van der Waals surface area contributed by atoms with E-state index in [1.54, 1.807) is 0 Å². The fourth-order valence-corrected chi connectivity index (χ4v) is 13.7. The van der Waals surface area contributed by atoms with Crippen LogP contribution in [0.1, 0.15) is 284 Å². The zero-order chi connectivity index (χ0) is 59.8. The highest BCUT2D eigenvalue weighted by molar-refractivity contribution is 5.89. The van der Waals surface area contributed by atoms with E-state index < -0.39 is 12.1 Å². The zero-order valence-corrected chi connectivity index (χ0v) is 55.0. The summed E-state index contributed by atoms with van der Waals surface area (Å²) in [6.45, 7) is 14.0. The van der Waals surface area contributed by atoms with Crippen LogP contribution in [0, 0.1) is 11.8 Å². The molecule has 2 saturated heterocycles. The number of carbonyl (C=O) groups excluding carboxylic acids is 4. The number of allylic oxidation sites excluding steroid dienone is 8. The smallest absolute Gasteiger partial charge is 0.243 e. The van der Waals surface area contributed by atoms with Gasteiger partial charge in [-0.3, -0.25) is 19.2 Å². The van der Waals surface area contributed by atoms with Crippen molar-refractivity contribution in [3.05, 3.63) is 48.6 Å². The molecule has 0 aromatic heterocycles. The Balaban J connectivity index is 1.30. The molecule has 11 nitrogen and oxygen atoms in total. The van der Waals surface area contributed by atoms with Gasteiger partial charge in [0, 0.05) is 65.2 Å². The molecular formula is C73H131N7O4. The van der Waals surface area contributed by atoms with E-state index in [0.29, 0.717) is 52.1 Å². The summed E-state index contributed by atoms with van der Waals surface area (Å²) >= 11 is 0. The number of carbonyl (C=O) groups is 4. The maximum Gasteiger partial charge on any atom is 0.243 e. The maximum absolute atomic E-state index is 14.7. The number of hydrogen-bond donors (Lipinski definition) is 2. The average molecular weight is 1170 g/mol. The predicted octanol–water partition coefficient (Wildman–Crippen LogP) is 16.1.